The van der Waals surface area contributed by atoms with E-state index >= 15 is 0 Å². The molecule has 0 spiro atoms. The smallest absolute Gasteiger partial charge is 0.0557 e. The molecule has 106 valence electrons. The van der Waals surface area contributed by atoms with Gasteiger partial charge in [-0.3, -0.25) is 0 Å². The zero-order valence-electron chi connectivity index (χ0n) is 12.2. The average molecular weight is 255 g/mol. The van der Waals surface area contributed by atoms with Crippen LogP contribution in [0.4, 0.5) is 0 Å². The maximum atomic E-state index is 9.62. The number of likely N-dealkylation sites (tertiary alicyclic amines) is 1. The standard InChI is InChI=1S/C15H29NO2/c1-14(2,3)13-4-7-16(8-5-13)10-15(11-17)6-9-18-12-15/h13,17H,4-12H2,1-3H3. The number of aliphatic hydroxyl groups excluding tert-OH is 1. The molecule has 0 aromatic rings. The maximum absolute atomic E-state index is 9.62. The van der Waals surface area contributed by atoms with E-state index in [0.29, 0.717) is 5.41 Å². The summed E-state index contributed by atoms with van der Waals surface area (Å²) in [6.45, 7) is 12.3. The third kappa shape index (κ3) is 3.25. The van der Waals surface area contributed by atoms with Crippen LogP contribution in [-0.4, -0.2) is 49.5 Å². The molecule has 1 N–H and O–H groups in total. The summed E-state index contributed by atoms with van der Waals surface area (Å²) in [6.07, 6.45) is 3.61. The molecule has 1 atom stereocenters. The van der Waals surface area contributed by atoms with Crippen LogP contribution in [0.15, 0.2) is 0 Å². The van der Waals surface area contributed by atoms with Crippen molar-refractivity contribution in [1.29, 1.82) is 0 Å². The molecule has 0 saturated carbocycles. The van der Waals surface area contributed by atoms with Crippen molar-refractivity contribution in [1.82, 2.24) is 4.90 Å². The van der Waals surface area contributed by atoms with Gasteiger partial charge in [-0.25, -0.2) is 0 Å². The van der Waals surface area contributed by atoms with Gasteiger partial charge in [0, 0.05) is 18.6 Å². The Morgan fingerprint density at radius 1 is 1.28 bits per heavy atom. The number of hydrogen-bond acceptors (Lipinski definition) is 3. The molecular weight excluding hydrogens is 226 g/mol. The Bertz CT molecular complexity index is 258. The third-order valence-electron chi connectivity index (χ3n) is 4.89. The van der Waals surface area contributed by atoms with Gasteiger partial charge in [-0.1, -0.05) is 20.8 Å². The highest BCUT2D eigenvalue weighted by atomic mass is 16.5. The molecule has 2 fully saturated rings. The van der Waals surface area contributed by atoms with Crippen LogP contribution in [0.3, 0.4) is 0 Å². The second-order valence-electron chi connectivity index (χ2n) is 7.38. The van der Waals surface area contributed by atoms with E-state index in [1.165, 1.54) is 25.9 Å². The van der Waals surface area contributed by atoms with Crippen LogP contribution in [0.2, 0.25) is 0 Å². The van der Waals surface area contributed by atoms with Crippen molar-refractivity contribution >= 4 is 0 Å². The number of hydrogen-bond donors (Lipinski definition) is 1. The normalized spacial score (nSPS) is 32.0. The van der Waals surface area contributed by atoms with Gasteiger partial charge in [0.25, 0.3) is 0 Å². The number of nitrogens with zero attached hydrogens (tertiary/aromatic N) is 1. The van der Waals surface area contributed by atoms with E-state index < -0.39 is 0 Å². The van der Waals surface area contributed by atoms with Crippen molar-refractivity contribution in [3.63, 3.8) is 0 Å². The summed E-state index contributed by atoms with van der Waals surface area (Å²) in [5, 5.41) is 9.62. The van der Waals surface area contributed by atoms with Gasteiger partial charge in [-0.15, -0.1) is 0 Å². The van der Waals surface area contributed by atoms with Gasteiger partial charge in [0.15, 0.2) is 0 Å². The first kappa shape index (κ1) is 14.3. The lowest BCUT2D eigenvalue weighted by Gasteiger charge is -2.41. The molecule has 0 radical (unpaired) electrons. The van der Waals surface area contributed by atoms with Crippen LogP contribution >= 0.6 is 0 Å². The summed E-state index contributed by atoms with van der Waals surface area (Å²) in [4.78, 5) is 2.53. The van der Waals surface area contributed by atoms with E-state index in [2.05, 4.69) is 25.7 Å². The molecule has 2 heterocycles. The van der Waals surface area contributed by atoms with Crippen molar-refractivity contribution in [3.8, 4) is 0 Å². The minimum absolute atomic E-state index is 0.0224. The van der Waals surface area contributed by atoms with E-state index in [1.54, 1.807) is 0 Å². The SMILES string of the molecule is CC(C)(C)C1CCN(CC2(CO)CCOC2)CC1. The van der Waals surface area contributed by atoms with Crippen LogP contribution in [0, 0.1) is 16.7 Å². The van der Waals surface area contributed by atoms with Crippen molar-refractivity contribution < 1.29 is 9.84 Å². The highest BCUT2D eigenvalue weighted by Gasteiger charge is 2.37. The van der Waals surface area contributed by atoms with Gasteiger partial charge in [-0.05, 0) is 43.7 Å². The third-order valence-corrected chi connectivity index (χ3v) is 4.89. The van der Waals surface area contributed by atoms with Gasteiger partial charge in [0.1, 0.15) is 0 Å². The van der Waals surface area contributed by atoms with E-state index in [-0.39, 0.29) is 12.0 Å². The monoisotopic (exact) mass is 255 g/mol. The van der Waals surface area contributed by atoms with Gasteiger partial charge in [-0.2, -0.15) is 0 Å². The molecule has 0 amide bonds. The molecule has 2 aliphatic rings. The predicted molar refractivity (Wildman–Crippen MR) is 73.6 cm³/mol. The summed E-state index contributed by atoms with van der Waals surface area (Å²) in [6, 6.07) is 0. The van der Waals surface area contributed by atoms with E-state index in [1.807, 2.05) is 0 Å². The molecule has 0 aromatic carbocycles. The quantitative estimate of drug-likeness (QED) is 0.838. The van der Waals surface area contributed by atoms with Gasteiger partial charge >= 0.3 is 0 Å². The summed E-state index contributed by atoms with van der Waals surface area (Å²) in [7, 11) is 0. The van der Waals surface area contributed by atoms with Crippen molar-refractivity contribution in [2.75, 3.05) is 39.5 Å². The zero-order valence-corrected chi connectivity index (χ0v) is 12.2. The molecule has 0 bridgehead atoms. The molecule has 3 heteroatoms. The minimum atomic E-state index is 0.0224. The van der Waals surface area contributed by atoms with Gasteiger partial charge < -0.3 is 14.7 Å². The molecular formula is C15H29NO2. The molecule has 2 rings (SSSR count). The fourth-order valence-electron chi connectivity index (χ4n) is 3.38. The Morgan fingerprint density at radius 2 is 1.94 bits per heavy atom. The number of ether oxygens (including phenoxy) is 1. The average Bonchev–Trinajstić information content (AvgIpc) is 2.78. The van der Waals surface area contributed by atoms with Gasteiger partial charge in [0.2, 0.25) is 0 Å². The molecule has 3 nitrogen and oxygen atoms in total. The summed E-state index contributed by atoms with van der Waals surface area (Å²) >= 11 is 0. The highest BCUT2D eigenvalue weighted by molar-refractivity contribution is 4.88. The zero-order chi connectivity index (χ0) is 13.2. The largest absolute Gasteiger partial charge is 0.396 e. The Morgan fingerprint density at radius 3 is 2.39 bits per heavy atom. The van der Waals surface area contributed by atoms with Crippen LogP contribution in [0.5, 0.6) is 0 Å². The lowest BCUT2D eigenvalue weighted by molar-refractivity contribution is 0.0328. The number of piperidine rings is 1. The number of aliphatic hydroxyl groups is 1. The molecule has 0 aliphatic carbocycles. The van der Waals surface area contributed by atoms with Crippen LogP contribution in [0.25, 0.3) is 0 Å². The molecule has 1 unspecified atom stereocenters. The molecule has 2 saturated heterocycles. The van der Waals surface area contributed by atoms with Crippen molar-refractivity contribution in [2.24, 2.45) is 16.7 Å². The maximum Gasteiger partial charge on any atom is 0.0557 e. The molecule has 0 aromatic heterocycles. The van der Waals surface area contributed by atoms with Crippen LogP contribution in [-0.2, 0) is 4.74 Å². The second kappa shape index (κ2) is 5.48. The van der Waals surface area contributed by atoms with Crippen molar-refractivity contribution in [3.05, 3.63) is 0 Å². The van der Waals surface area contributed by atoms with Gasteiger partial charge in [0.05, 0.1) is 13.2 Å². The molecule has 2 aliphatic heterocycles. The Labute approximate surface area is 112 Å². The fraction of sp³-hybridized carbons (Fsp3) is 1.00. The van der Waals surface area contributed by atoms with E-state index in [0.717, 1.165) is 32.1 Å². The minimum Gasteiger partial charge on any atom is -0.396 e. The first-order valence-corrected chi connectivity index (χ1v) is 7.36. The summed E-state index contributed by atoms with van der Waals surface area (Å²) in [5.74, 6) is 0.846. The highest BCUT2D eigenvalue weighted by Crippen LogP contribution is 2.36. The topological polar surface area (TPSA) is 32.7 Å². The lowest BCUT2D eigenvalue weighted by atomic mass is 9.75. The Kier molecular flexibility index (Phi) is 4.35. The Balaban J connectivity index is 1.83. The Hall–Kier alpha value is -0.120. The molecule has 18 heavy (non-hydrogen) atoms. The first-order chi connectivity index (χ1) is 8.45. The first-order valence-electron chi connectivity index (χ1n) is 7.36. The summed E-state index contributed by atoms with van der Waals surface area (Å²) < 4.78 is 5.48. The van der Waals surface area contributed by atoms with Crippen molar-refractivity contribution in [2.45, 2.75) is 40.0 Å². The second-order valence-corrected chi connectivity index (χ2v) is 7.38. The van der Waals surface area contributed by atoms with E-state index in [9.17, 15) is 5.11 Å². The van der Waals surface area contributed by atoms with E-state index in [4.69, 9.17) is 4.74 Å². The predicted octanol–water partition coefficient (Wildman–Crippen LogP) is 2.14. The fourth-order valence-corrected chi connectivity index (χ4v) is 3.38. The summed E-state index contributed by atoms with van der Waals surface area (Å²) in [5.41, 5.74) is 0.464. The lowest BCUT2D eigenvalue weighted by Crippen LogP contribution is -2.45. The van der Waals surface area contributed by atoms with Crippen LogP contribution < -0.4 is 0 Å². The number of rotatable bonds is 3. The van der Waals surface area contributed by atoms with Crippen LogP contribution in [0.1, 0.15) is 40.0 Å².